The van der Waals surface area contributed by atoms with Gasteiger partial charge in [-0.15, -0.1) is 0 Å². The smallest absolute Gasteiger partial charge is 0.140 e. The van der Waals surface area contributed by atoms with Crippen LogP contribution in [0, 0.1) is 6.92 Å². The Kier molecular flexibility index (Phi) is 2.41. The SMILES string of the molecule is COc1cnc(CF)cc1C. The third-order valence-corrected chi connectivity index (χ3v) is 1.48. The third-order valence-electron chi connectivity index (χ3n) is 1.48. The molecule has 0 bridgehead atoms. The van der Waals surface area contributed by atoms with Gasteiger partial charge in [-0.2, -0.15) is 0 Å². The monoisotopic (exact) mass is 155 g/mol. The van der Waals surface area contributed by atoms with Crippen LogP contribution in [-0.4, -0.2) is 12.1 Å². The second-order valence-electron chi connectivity index (χ2n) is 2.28. The van der Waals surface area contributed by atoms with Crippen molar-refractivity contribution in [3.05, 3.63) is 23.5 Å². The molecule has 11 heavy (non-hydrogen) atoms. The second kappa shape index (κ2) is 3.32. The first-order chi connectivity index (χ1) is 5.27. The molecule has 1 rings (SSSR count). The molecule has 60 valence electrons. The Labute approximate surface area is 65.0 Å². The van der Waals surface area contributed by atoms with E-state index in [9.17, 15) is 4.39 Å². The summed E-state index contributed by atoms with van der Waals surface area (Å²) in [6.45, 7) is 1.34. The lowest BCUT2D eigenvalue weighted by Gasteiger charge is -2.03. The highest BCUT2D eigenvalue weighted by molar-refractivity contribution is 5.30. The first-order valence-electron chi connectivity index (χ1n) is 3.33. The number of ether oxygens (including phenoxy) is 1. The molecule has 0 N–H and O–H groups in total. The quantitative estimate of drug-likeness (QED) is 0.650. The summed E-state index contributed by atoms with van der Waals surface area (Å²) < 4.78 is 17.0. The topological polar surface area (TPSA) is 22.1 Å². The van der Waals surface area contributed by atoms with Crippen molar-refractivity contribution in [2.75, 3.05) is 7.11 Å². The van der Waals surface area contributed by atoms with Gasteiger partial charge in [-0.1, -0.05) is 0 Å². The highest BCUT2D eigenvalue weighted by Crippen LogP contribution is 2.16. The van der Waals surface area contributed by atoms with E-state index in [1.54, 1.807) is 13.2 Å². The van der Waals surface area contributed by atoms with E-state index in [1.165, 1.54) is 6.20 Å². The number of aromatic nitrogens is 1. The maximum atomic E-state index is 12.0. The van der Waals surface area contributed by atoms with Crippen molar-refractivity contribution in [3.8, 4) is 5.75 Å². The molecule has 2 nitrogen and oxygen atoms in total. The number of alkyl halides is 1. The van der Waals surface area contributed by atoms with Gasteiger partial charge >= 0.3 is 0 Å². The molecule has 0 saturated heterocycles. The van der Waals surface area contributed by atoms with Gasteiger partial charge in [0.2, 0.25) is 0 Å². The van der Waals surface area contributed by atoms with Crippen LogP contribution in [0.2, 0.25) is 0 Å². The van der Waals surface area contributed by atoms with Crippen molar-refractivity contribution in [1.82, 2.24) is 4.98 Å². The molecule has 0 atom stereocenters. The Balaban J connectivity index is 2.99. The molecule has 0 aliphatic rings. The van der Waals surface area contributed by atoms with E-state index in [2.05, 4.69) is 4.98 Å². The van der Waals surface area contributed by atoms with Crippen molar-refractivity contribution in [3.63, 3.8) is 0 Å². The largest absolute Gasteiger partial charge is 0.495 e. The number of aryl methyl sites for hydroxylation is 1. The van der Waals surface area contributed by atoms with Gasteiger partial charge in [0.25, 0.3) is 0 Å². The van der Waals surface area contributed by atoms with Crippen molar-refractivity contribution < 1.29 is 9.13 Å². The molecule has 0 amide bonds. The fourth-order valence-electron chi connectivity index (χ4n) is 0.888. The van der Waals surface area contributed by atoms with Gasteiger partial charge in [-0.3, -0.25) is 4.98 Å². The van der Waals surface area contributed by atoms with Crippen LogP contribution in [0.3, 0.4) is 0 Å². The van der Waals surface area contributed by atoms with Gasteiger partial charge in [0.05, 0.1) is 19.0 Å². The lowest BCUT2D eigenvalue weighted by atomic mass is 10.2. The zero-order valence-corrected chi connectivity index (χ0v) is 6.60. The number of pyridine rings is 1. The van der Waals surface area contributed by atoms with Crippen LogP contribution in [0.1, 0.15) is 11.3 Å². The Morgan fingerprint density at radius 1 is 1.64 bits per heavy atom. The molecule has 0 aliphatic carbocycles. The molecule has 0 aromatic carbocycles. The summed E-state index contributed by atoms with van der Waals surface area (Å²) in [5.74, 6) is 0.696. The number of rotatable bonds is 2. The van der Waals surface area contributed by atoms with Gasteiger partial charge in [-0.05, 0) is 18.6 Å². The summed E-state index contributed by atoms with van der Waals surface area (Å²) in [5.41, 5.74) is 1.36. The first-order valence-corrected chi connectivity index (χ1v) is 3.33. The van der Waals surface area contributed by atoms with Gasteiger partial charge < -0.3 is 4.74 Å². The zero-order valence-electron chi connectivity index (χ0n) is 6.60. The van der Waals surface area contributed by atoms with Crippen LogP contribution in [-0.2, 0) is 6.67 Å². The second-order valence-corrected chi connectivity index (χ2v) is 2.28. The maximum absolute atomic E-state index is 12.0. The summed E-state index contributed by atoms with van der Waals surface area (Å²) in [5, 5.41) is 0. The molecule has 1 aromatic rings. The number of methoxy groups -OCH3 is 1. The normalized spacial score (nSPS) is 9.73. The van der Waals surface area contributed by atoms with Crippen molar-refractivity contribution in [2.24, 2.45) is 0 Å². The van der Waals surface area contributed by atoms with E-state index in [0.717, 1.165) is 5.56 Å². The summed E-state index contributed by atoms with van der Waals surface area (Å²) in [6.07, 6.45) is 1.53. The van der Waals surface area contributed by atoms with Crippen molar-refractivity contribution in [1.29, 1.82) is 0 Å². The van der Waals surface area contributed by atoms with E-state index < -0.39 is 6.67 Å². The van der Waals surface area contributed by atoms with Crippen LogP contribution in [0.25, 0.3) is 0 Å². The van der Waals surface area contributed by atoms with Gasteiger partial charge in [-0.25, -0.2) is 4.39 Å². The molecular weight excluding hydrogens is 145 g/mol. The average Bonchev–Trinajstić information content (AvgIpc) is 2.04. The molecule has 3 heteroatoms. The van der Waals surface area contributed by atoms with Gasteiger partial charge in [0.1, 0.15) is 12.4 Å². The highest BCUT2D eigenvalue weighted by atomic mass is 19.1. The van der Waals surface area contributed by atoms with E-state index in [-0.39, 0.29) is 0 Å². The molecule has 0 saturated carbocycles. The Bertz CT molecular complexity index is 250. The minimum atomic E-state index is -0.523. The summed E-state index contributed by atoms with van der Waals surface area (Å²) >= 11 is 0. The lowest BCUT2D eigenvalue weighted by molar-refractivity contribution is 0.407. The van der Waals surface area contributed by atoms with Crippen LogP contribution in [0.4, 0.5) is 4.39 Å². The predicted molar refractivity (Wildman–Crippen MR) is 40.3 cm³/mol. The number of nitrogens with zero attached hydrogens (tertiary/aromatic N) is 1. The van der Waals surface area contributed by atoms with E-state index in [1.807, 2.05) is 6.92 Å². The van der Waals surface area contributed by atoms with Crippen molar-refractivity contribution in [2.45, 2.75) is 13.6 Å². The summed E-state index contributed by atoms with van der Waals surface area (Å²) in [7, 11) is 1.57. The summed E-state index contributed by atoms with van der Waals surface area (Å²) in [4.78, 5) is 3.83. The Hall–Kier alpha value is -1.12. The highest BCUT2D eigenvalue weighted by Gasteiger charge is 1.99. The first kappa shape index (κ1) is 7.98. The van der Waals surface area contributed by atoms with Gasteiger partial charge in [0.15, 0.2) is 0 Å². The zero-order chi connectivity index (χ0) is 8.27. The molecule has 0 spiro atoms. The van der Waals surface area contributed by atoms with E-state index >= 15 is 0 Å². The van der Waals surface area contributed by atoms with Crippen molar-refractivity contribution >= 4 is 0 Å². The van der Waals surface area contributed by atoms with E-state index in [0.29, 0.717) is 11.4 Å². The lowest BCUT2D eigenvalue weighted by Crippen LogP contribution is -1.91. The van der Waals surface area contributed by atoms with Crippen LogP contribution < -0.4 is 4.74 Å². The molecule has 0 aliphatic heterocycles. The molecule has 1 heterocycles. The fourth-order valence-corrected chi connectivity index (χ4v) is 0.888. The van der Waals surface area contributed by atoms with E-state index in [4.69, 9.17) is 4.74 Å². The third kappa shape index (κ3) is 1.67. The van der Waals surface area contributed by atoms with Crippen LogP contribution in [0.15, 0.2) is 12.3 Å². The summed E-state index contributed by atoms with van der Waals surface area (Å²) in [6, 6.07) is 1.68. The molecule has 0 radical (unpaired) electrons. The van der Waals surface area contributed by atoms with Crippen LogP contribution in [0.5, 0.6) is 5.75 Å². The average molecular weight is 155 g/mol. The molecule has 0 unspecified atom stereocenters. The maximum Gasteiger partial charge on any atom is 0.140 e. The van der Waals surface area contributed by atoms with Crippen LogP contribution >= 0.6 is 0 Å². The number of hydrogen-bond donors (Lipinski definition) is 0. The number of hydrogen-bond acceptors (Lipinski definition) is 2. The fraction of sp³-hybridized carbons (Fsp3) is 0.375. The number of halogens is 1. The minimum Gasteiger partial charge on any atom is -0.495 e. The molecule has 1 aromatic heterocycles. The molecular formula is C8H10FNO. The Morgan fingerprint density at radius 2 is 2.36 bits per heavy atom. The standard InChI is InChI=1S/C8H10FNO/c1-6-3-7(4-9)10-5-8(6)11-2/h3,5H,4H2,1-2H3. The predicted octanol–water partition coefficient (Wildman–Crippen LogP) is 1.87. The Morgan fingerprint density at radius 3 is 2.82 bits per heavy atom. The minimum absolute atomic E-state index is 0.448. The van der Waals surface area contributed by atoms with Gasteiger partial charge in [0, 0.05) is 0 Å². The molecule has 0 fully saturated rings.